The largest absolute Gasteiger partial charge is 0.434 e. The number of nitrogens with two attached hydrogens (primary N) is 1. The Bertz CT molecular complexity index is 554. The SMILES string of the molecule is Cc1cc(C(N)c2ccccc2OC(F)F)sc1Br. The van der Waals surface area contributed by atoms with Crippen LogP contribution in [0.2, 0.25) is 0 Å². The first-order valence-corrected chi connectivity index (χ1v) is 7.15. The summed E-state index contributed by atoms with van der Waals surface area (Å²) in [7, 11) is 0. The zero-order valence-electron chi connectivity index (χ0n) is 10.1. The normalized spacial score (nSPS) is 12.7. The van der Waals surface area contributed by atoms with Crippen LogP contribution in [0.15, 0.2) is 34.1 Å². The summed E-state index contributed by atoms with van der Waals surface area (Å²) >= 11 is 4.92. The summed E-state index contributed by atoms with van der Waals surface area (Å²) in [5.74, 6) is 0.118. The van der Waals surface area contributed by atoms with Gasteiger partial charge < -0.3 is 10.5 Å². The number of thiophene rings is 1. The lowest BCUT2D eigenvalue weighted by atomic mass is 10.0. The minimum Gasteiger partial charge on any atom is -0.434 e. The monoisotopic (exact) mass is 347 g/mol. The fourth-order valence-corrected chi connectivity index (χ4v) is 3.32. The van der Waals surface area contributed by atoms with Crippen molar-refractivity contribution in [1.29, 1.82) is 0 Å². The minimum absolute atomic E-state index is 0.118. The first-order valence-electron chi connectivity index (χ1n) is 5.54. The minimum atomic E-state index is -2.86. The number of rotatable bonds is 4. The standard InChI is InChI=1S/C13H12BrF2NOS/c1-7-6-10(19-12(7)14)11(17)8-4-2-3-5-9(8)18-13(15)16/h2-6,11,13H,17H2,1H3. The molecule has 0 spiro atoms. The zero-order chi connectivity index (χ0) is 14.0. The van der Waals surface area contributed by atoms with Gasteiger partial charge in [0.15, 0.2) is 0 Å². The van der Waals surface area contributed by atoms with Gasteiger partial charge in [0.25, 0.3) is 0 Å². The number of halogens is 3. The number of benzene rings is 1. The van der Waals surface area contributed by atoms with Crippen LogP contribution in [0.5, 0.6) is 5.75 Å². The summed E-state index contributed by atoms with van der Waals surface area (Å²) in [4.78, 5) is 0.898. The van der Waals surface area contributed by atoms with Crippen LogP contribution in [-0.2, 0) is 0 Å². The van der Waals surface area contributed by atoms with Gasteiger partial charge >= 0.3 is 6.61 Å². The van der Waals surface area contributed by atoms with Crippen LogP contribution < -0.4 is 10.5 Å². The molecule has 19 heavy (non-hydrogen) atoms. The molecule has 0 radical (unpaired) electrons. The molecule has 1 aromatic carbocycles. The molecule has 0 fully saturated rings. The van der Waals surface area contributed by atoms with E-state index in [-0.39, 0.29) is 5.75 Å². The molecule has 0 saturated carbocycles. The van der Waals surface area contributed by atoms with E-state index in [0.29, 0.717) is 5.56 Å². The molecule has 0 aliphatic heterocycles. The maximum atomic E-state index is 12.4. The number of ether oxygens (including phenoxy) is 1. The highest BCUT2D eigenvalue weighted by atomic mass is 79.9. The number of hydrogen-bond donors (Lipinski definition) is 1. The Balaban J connectivity index is 2.35. The lowest BCUT2D eigenvalue weighted by Crippen LogP contribution is -2.13. The number of aryl methyl sites for hydroxylation is 1. The van der Waals surface area contributed by atoms with Crippen LogP contribution in [0, 0.1) is 6.92 Å². The van der Waals surface area contributed by atoms with Crippen molar-refractivity contribution in [2.45, 2.75) is 19.6 Å². The lowest BCUT2D eigenvalue weighted by molar-refractivity contribution is -0.0505. The second-order valence-electron chi connectivity index (χ2n) is 4.00. The van der Waals surface area contributed by atoms with Gasteiger partial charge in [-0.3, -0.25) is 0 Å². The van der Waals surface area contributed by atoms with Crippen LogP contribution in [0.25, 0.3) is 0 Å². The Hall–Kier alpha value is -0.980. The summed E-state index contributed by atoms with van der Waals surface area (Å²) in [5, 5.41) is 0. The lowest BCUT2D eigenvalue weighted by Gasteiger charge is -2.15. The molecule has 1 unspecified atom stereocenters. The van der Waals surface area contributed by atoms with Crippen molar-refractivity contribution in [3.63, 3.8) is 0 Å². The Morgan fingerprint density at radius 1 is 1.32 bits per heavy atom. The molecule has 0 saturated heterocycles. The smallest absolute Gasteiger partial charge is 0.387 e. The fourth-order valence-electron chi connectivity index (χ4n) is 1.73. The number of alkyl halides is 2. The highest BCUT2D eigenvalue weighted by Gasteiger charge is 2.18. The topological polar surface area (TPSA) is 35.2 Å². The molecule has 0 aliphatic carbocycles. The molecular formula is C13H12BrF2NOS. The van der Waals surface area contributed by atoms with E-state index in [4.69, 9.17) is 5.73 Å². The third kappa shape index (κ3) is 3.32. The first kappa shape index (κ1) is 14.4. The molecule has 2 nitrogen and oxygen atoms in total. The second kappa shape index (κ2) is 5.98. The number of para-hydroxylation sites is 1. The van der Waals surface area contributed by atoms with Crippen LogP contribution in [-0.4, -0.2) is 6.61 Å². The van der Waals surface area contributed by atoms with Crippen molar-refractivity contribution in [3.05, 3.63) is 50.1 Å². The summed E-state index contributed by atoms with van der Waals surface area (Å²) in [6.07, 6.45) is 0. The van der Waals surface area contributed by atoms with E-state index < -0.39 is 12.7 Å². The van der Waals surface area contributed by atoms with Crippen LogP contribution in [0.1, 0.15) is 22.0 Å². The molecule has 0 aliphatic rings. The number of hydrogen-bond acceptors (Lipinski definition) is 3. The van der Waals surface area contributed by atoms with E-state index in [1.165, 1.54) is 17.4 Å². The molecule has 2 N–H and O–H groups in total. The van der Waals surface area contributed by atoms with Crippen molar-refractivity contribution >= 4 is 27.3 Å². The average molecular weight is 348 g/mol. The van der Waals surface area contributed by atoms with Crippen molar-refractivity contribution in [3.8, 4) is 5.75 Å². The summed E-state index contributed by atoms with van der Waals surface area (Å²) < 4.78 is 30.2. The summed E-state index contributed by atoms with van der Waals surface area (Å²) in [6, 6.07) is 8.05. The van der Waals surface area contributed by atoms with Gasteiger partial charge in [0, 0.05) is 10.4 Å². The van der Waals surface area contributed by atoms with E-state index in [1.54, 1.807) is 18.2 Å². The molecule has 2 aromatic rings. The van der Waals surface area contributed by atoms with Gasteiger partial charge in [0.1, 0.15) is 5.75 Å². The van der Waals surface area contributed by atoms with Crippen molar-refractivity contribution in [2.75, 3.05) is 0 Å². The van der Waals surface area contributed by atoms with E-state index in [2.05, 4.69) is 20.7 Å². The molecule has 1 aromatic heterocycles. The maximum Gasteiger partial charge on any atom is 0.387 e. The molecule has 2 rings (SSSR count). The van der Waals surface area contributed by atoms with Gasteiger partial charge in [-0.25, -0.2) is 0 Å². The Kier molecular flexibility index (Phi) is 4.54. The van der Waals surface area contributed by atoms with Crippen molar-refractivity contribution in [1.82, 2.24) is 0 Å². The Labute approximate surface area is 122 Å². The van der Waals surface area contributed by atoms with Gasteiger partial charge in [0.05, 0.1) is 9.83 Å². The predicted molar refractivity (Wildman–Crippen MR) is 75.9 cm³/mol. The van der Waals surface area contributed by atoms with Crippen molar-refractivity contribution < 1.29 is 13.5 Å². The molecule has 102 valence electrons. The Morgan fingerprint density at radius 3 is 2.58 bits per heavy atom. The maximum absolute atomic E-state index is 12.4. The quantitative estimate of drug-likeness (QED) is 0.885. The molecule has 1 heterocycles. The molecule has 0 bridgehead atoms. The van der Waals surface area contributed by atoms with E-state index in [9.17, 15) is 8.78 Å². The molecular weight excluding hydrogens is 336 g/mol. The highest BCUT2D eigenvalue weighted by Crippen LogP contribution is 2.36. The second-order valence-corrected chi connectivity index (χ2v) is 6.40. The van der Waals surface area contributed by atoms with E-state index in [1.807, 2.05) is 13.0 Å². The summed E-state index contributed by atoms with van der Waals surface area (Å²) in [6.45, 7) is -0.900. The molecule has 1 atom stereocenters. The van der Waals surface area contributed by atoms with Crippen molar-refractivity contribution in [2.24, 2.45) is 5.73 Å². The average Bonchev–Trinajstić information content (AvgIpc) is 2.69. The third-order valence-electron chi connectivity index (χ3n) is 2.65. The highest BCUT2D eigenvalue weighted by molar-refractivity contribution is 9.11. The molecule has 0 amide bonds. The third-order valence-corrected chi connectivity index (χ3v) is 4.87. The van der Waals surface area contributed by atoms with Gasteiger partial charge in [-0.15, -0.1) is 11.3 Å². The van der Waals surface area contributed by atoms with E-state index in [0.717, 1.165) is 14.2 Å². The summed E-state index contributed by atoms with van der Waals surface area (Å²) in [5.41, 5.74) is 7.76. The van der Waals surface area contributed by atoms with Crippen LogP contribution in [0.3, 0.4) is 0 Å². The van der Waals surface area contributed by atoms with Gasteiger partial charge in [-0.2, -0.15) is 8.78 Å². The van der Waals surface area contributed by atoms with Gasteiger partial charge in [0.2, 0.25) is 0 Å². The van der Waals surface area contributed by atoms with Crippen LogP contribution in [0.4, 0.5) is 8.78 Å². The first-order chi connectivity index (χ1) is 8.99. The fraction of sp³-hybridized carbons (Fsp3) is 0.231. The van der Waals surface area contributed by atoms with E-state index >= 15 is 0 Å². The zero-order valence-corrected chi connectivity index (χ0v) is 12.5. The van der Waals surface area contributed by atoms with Crippen LogP contribution >= 0.6 is 27.3 Å². The van der Waals surface area contributed by atoms with Gasteiger partial charge in [-0.05, 0) is 40.5 Å². The molecule has 6 heteroatoms. The Morgan fingerprint density at radius 2 is 2.00 bits per heavy atom. The van der Waals surface area contributed by atoms with Gasteiger partial charge in [-0.1, -0.05) is 18.2 Å². The predicted octanol–water partition coefficient (Wildman–Crippen LogP) is 4.47.